The lowest BCUT2D eigenvalue weighted by molar-refractivity contribution is 0.322. The lowest BCUT2D eigenvalue weighted by Crippen LogP contribution is -2.03. The molecule has 0 radical (unpaired) electrons. The summed E-state index contributed by atoms with van der Waals surface area (Å²) in [5.74, 6) is 1.08. The number of rotatable bonds is 7. The summed E-state index contributed by atoms with van der Waals surface area (Å²) in [5, 5.41) is 22.6. The molecular formula is C21H21NO3. The van der Waals surface area contributed by atoms with Gasteiger partial charge in [0.1, 0.15) is 17.2 Å². The molecule has 4 nitrogen and oxygen atoms in total. The molecule has 0 amide bonds. The second-order valence-corrected chi connectivity index (χ2v) is 5.78. The third kappa shape index (κ3) is 4.91. The van der Waals surface area contributed by atoms with Gasteiger partial charge in [-0.25, -0.2) is 0 Å². The fourth-order valence-corrected chi connectivity index (χ4v) is 2.54. The Morgan fingerprint density at radius 2 is 1.68 bits per heavy atom. The largest absolute Gasteiger partial charge is 0.508 e. The molecule has 0 unspecified atom stereocenters. The first-order chi connectivity index (χ1) is 12.2. The van der Waals surface area contributed by atoms with E-state index in [1.165, 1.54) is 17.7 Å². The van der Waals surface area contributed by atoms with Crippen LogP contribution in [0.15, 0.2) is 72.8 Å². The molecule has 3 aromatic carbocycles. The Kier molecular flexibility index (Phi) is 5.42. The van der Waals surface area contributed by atoms with Gasteiger partial charge >= 0.3 is 0 Å². The van der Waals surface area contributed by atoms with Crippen molar-refractivity contribution in [2.45, 2.75) is 13.0 Å². The maximum atomic E-state index is 9.82. The van der Waals surface area contributed by atoms with Crippen LogP contribution in [0.1, 0.15) is 11.1 Å². The van der Waals surface area contributed by atoms with E-state index >= 15 is 0 Å². The van der Waals surface area contributed by atoms with Crippen LogP contribution in [-0.2, 0) is 13.0 Å². The Balaban J connectivity index is 1.55. The van der Waals surface area contributed by atoms with E-state index in [1.807, 2.05) is 42.5 Å². The Morgan fingerprint density at radius 3 is 2.52 bits per heavy atom. The molecule has 0 atom stereocenters. The maximum Gasteiger partial charge on any atom is 0.121 e. The molecule has 0 saturated heterocycles. The van der Waals surface area contributed by atoms with Crippen LogP contribution in [0.5, 0.6) is 17.2 Å². The van der Waals surface area contributed by atoms with Crippen molar-refractivity contribution in [3.05, 3.63) is 83.9 Å². The van der Waals surface area contributed by atoms with E-state index < -0.39 is 0 Å². The van der Waals surface area contributed by atoms with Gasteiger partial charge in [-0.05, 0) is 35.9 Å². The van der Waals surface area contributed by atoms with Crippen molar-refractivity contribution in [1.82, 2.24) is 0 Å². The summed E-state index contributed by atoms with van der Waals surface area (Å²) in [5.41, 5.74) is 2.77. The highest BCUT2D eigenvalue weighted by Gasteiger charge is 2.03. The molecule has 3 rings (SSSR count). The van der Waals surface area contributed by atoms with Gasteiger partial charge in [-0.15, -0.1) is 0 Å². The molecule has 3 N–H and O–H groups in total. The Labute approximate surface area is 147 Å². The fraction of sp³-hybridized carbons (Fsp3) is 0.143. The predicted molar refractivity (Wildman–Crippen MR) is 99.2 cm³/mol. The molecule has 4 heteroatoms. The zero-order chi connectivity index (χ0) is 17.5. The highest BCUT2D eigenvalue weighted by atomic mass is 16.5. The smallest absolute Gasteiger partial charge is 0.121 e. The van der Waals surface area contributed by atoms with E-state index in [-0.39, 0.29) is 11.5 Å². The number of phenolic OH excluding ortho intramolecular Hbond substituents is 2. The first-order valence-corrected chi connectivity index (χ1v) is 8.22. The maximum absolute atomic E-state index is 9.82. The normalized spacial score (nSPS) is 10.4. The van der Waals surface area contributed by atoms with Crippen LogP contribution < -0.4 is 10.1 Å². The van der Waals surface area contributed by atoms with Crippen molar-refractivity contribution in [2.24, 2.45) is 0 Å². The van der Waals surface area contributed by atoms with Crippen LogP contribution in [0.2, 0.25) is 0 Å². The van der Waals surface area contributed by atoms with Gasteiger partial charge in [0.05, 0.1) is 6.61 Å². The molecule has 0 aliphatic heterocycles. The summed E-state index contributed by atoms with van der Waals surface area (Å²) >= 11 is 0. The molecule has 0 bridgehead atoms. The molecule has 25 heavy (non-hydrogen) atoms. The van der Waals surface area contributed by atoms with E-state index in [0.29, 0.717) is 18.7 Å². The van der Waals surface area contributed by atoms with E-state index in [2.05, 4.69) is 17.4 Å². The molecule has 0 saturated carbocycles. The predicted octanol–water partition coefficient (Wildman–Crippen LogP) is 4.33. The topological polar surface area (TPSA) is 61.7 Å². The third-order valence-corrected chi connectivity index (χ3v) is 3.88. The number of hydrogen-bond acceptors (Lipinski definition) is 4. The number of nitrogens with one attached hydrogen (secondary N) is 1. The van der Waals surface area contributed by atoms with Crippen LogP contribution in [0, 0.1) is 0 Å². The number of ether oxygens (including phenoxy) is 1. The first-order valence-electron chi connectivity index (χ1n) is 8.22. The van der Waals surface area contributed by atoms with Crippen LogP contribution in [0.3, 0.4) is 0 Å². The summed E-state index contributed by atoms with van der Waals surface area (Å²) in [7, 11) is 0. The number of benzene rings is 3. The van der Waals surface area contributed by atoms with Gasteiger partial charge < -0.3 is 20.3 Å². The molecule has 0 aliphatic carbocycles. The minimum Gasteiger partial charge on any atom is -0.508 e. The van der Waals surface area contributed by atoms with Crippen LogP contribution >= 0.6 is 0 Å². The average molecular weight is 335 g/mol. The molecule has 128 valence electrons. The standard InChI is InChI=1S/C21H21NO3/c23-19-9-10-21(24)17(13-19)15-22-18-7-4-8-20(14-18)25-12-11-16-5-2-1-3-6-16/h1-10,13-14,22-24H,11-12,15H2. The zero-order valence-electron chi connectivity index (χ0n) is 13.9. The van der Waals surface area contributed by atoms with Crippen molar-refractivity contribution < 1.29 is 14.9 Å². The summed E-state index contributed by atoms with van der Waals surface area (Å²) < 4.78 is 5.82. The molecule has 0 fully saturated rings. The minimum atomic E-state index is 0.132. The van der Waals surface area contributed by atoms with Gasteiger partial charge in [0.2, 0.25) is 0 Å². The monoisotopic (exact) mass is 335 g/mol. The summed E-state index contributed by atoms with van der Waals surface area (Å²) in [4.78, 5) is 0. The fourth-order valence-electron chi connectivity index (χ4n) is 2.54. The summed E-state index contributed by atoms with van der Waals surface area (Å²) in [6, 6.07) is 22.4. The van der Waals surface area contributed by atoms with Crippen molar-refractivity contribution in [3.63, 3.8) is 0 Å². The highest BCUT2D eigenvalue weighted by molar-refractivity contribution is 5.50. The highest BCUT2D eigenvalue weighted by Crippen LogP contribution is 2.24. The van der Waals surface area contributed by atoms with E-state index in [1.54, 1.807) is 6.07 Å². The molecule has 0 heterocycles. The Morgan fingerprint density at radius 1 is 0.840 bits per heavy atom. The zero-order valence-corrected chi connectivity index (χ0v) is 13.9. The molecular weight excluding hydrogens is 314 g/mol. The van der Waals surface area contributed by atoms with Crippen molar-refractivity contribution in [1.29, 1.82) is 0 Å². The van der Waals surface area contributed by atoms with Gasteiger partial charge in [0.15, 0.2) is 0 Å². The van der Waals surface area contributed by atoms with Gasteiger partial charge in [-0.2, -0.15) is 0 Å². The van der Waals surface area contributed by atoms with Crippen molar-refractivity contribution in [2.75, 3.05) is 11.9 Å². The lowest BCUT2D eigenvalue weighted by Gasteiger charge is -2.11. The average Bonchev–Trinajstić information content (AvgIpc) is 2.64. The quantitative estimate of drug-likeness (QED) is 0.562. The summed E-state index contributed by atoms with van der Waals surface area (Å²) in [6.45, 7) is 1.02. The van der Waals surface area contributed by atoms with E-state index in [4.69, 9.17) is 4.74 Å². The molecule has 0 aromatic heterocycles. The Hall–Kier alpha value is -3.14. The SMILES string of the molecule is Oc1ccc(O)c(CNc2cccc(OCCc3ccccc3)c2)c1. The number of phenols is 2. The van der Waals surface area contributed by atoms with Gasteiger partial charge in [0, 0.05) is 30.3 Å². The third-order valence-electron chi connectivity index (χ3n) is 3.88. The second-order valence-electron chi connectivity index (χ2n) is 5.78. The van der Waals surface area contributed by atoms with Crippen LogP contribution in [-0.4, -0.2) is 16.8 Å². The molecule has 3 aromatic rings. The van der Waals surface area contributed by atoms with Gasteiger partial charge in [0.25, 0.3) is 0 Å². The second kappa shape index (κ2) is 8.11. The number of anilines is 1. The van der Waals surface area contributed by atoms with Crippen molar-refractivity contribution >= 4 is 5.69 Å². The van der Waals surface area contributed by atoms with E-state index in [9.17, 15) is 10.2 Å². The number of aromatic hydroxyl groups is 2. The minimum absolute atomic E-state index is 0.132. The first kappa shape index (κ1) is 16.7. The van der Waals surface area contributed by atoms with Gasteiger partial charge in [-0.3, -0.25) is 0 Å². The van der Waals surface area contributed by atoms with Crippen LogP contribution in [0.25, 0.3) is 0 Å². The summed E-state index contributed by atoms with van der Waals surface area (Å²) in [6.07, 6.45) is 0.857. The molecule has 0 aliphatic rings. The van der Waals surface area contributed by atoms with E-state index in [0.717, 1.165) is 17.9 Å². The Bertz CT molecular complexity index is 818. The van der Waals surface area contributed by atoms with Gasteiger partial charge in [-0.1, -0.05) is 36.4 Å². The lowest BCUT2D eigenvalue weighted by atomic mass is 10.2. The van der Waals surface area contributed by atoms with Crippen molar-refractivity contribution in [3.8, 4) is 17.2 Å². The number of hydrogen-bond donors (Lipinski definition) is 3. The molecule has 0 spiro atoms. The van der Waals surface area contributed by atoms with Crippen LogP contribution in [0.4, 0.5) is 5.69 Å².